The highest BCUT2D eigenvalue weighted by Gasteiger charge is 2.15. The van der Waals surface area contributed by atoms with Crippen LogP contribution in [0.4, 0.5) is 0 Å². The number of aryl methyl sites for hydroxylation is 2. The van der Waals surface area contributed by atoms with Crippen LogP contribution in [0.5, 0.6) is 5.75 Å². The maximum absolute atomic E-state index is 11.1. The average Bonchev–Trinajstić information content (AvgIpc) is 2.88. The number of carbonyl (C=O) groups is 1. The smallest absolute Gasteiger partial charge is 0.151 e. The lowest BCUT2D eigenvalue weighted by Crippen LogP contribution is -2.00. The SMILES string of the molecule is COc1cc(C)c2cc(Cc3c(Cl)ccc(C=O)c3Cl)n(C)c2c1. The quantitative estimate of drug-likeness (QED) is 0.597. The van der Waals surface area contributed by atoms with Gasteiger partial charge >= 0.3 is 0 Å². The summed E-state index contributed by atoms with van der Waals surface area (Å²) >= 11 is 12.7. The van der Waals surface area contributed by atoms with Crippen LogP contribution in [0.3, 0.4) is 0 Å². The van der Waals surface area contributed by atoms with E-state index in [-0.39, 0.29) is 0 Å². The largest absolute Gasteiger partial charge is 0.497 e. The van der Waals surface area contributed by atoms with Crippen molar-refractivity contribution in [2.24, 2.45) is 7.05 Å². The van der Waals surface area contributed by atoms with Gasteiger partial charge in [0.2, 0.25) is 0 Å². The van der Waals surface area contributed by atoms with Gasteiger partial charge in [-0.3, -0.25) is 4.79 Å². The molecule has 0 amide bonds. The lowest BCUT2D eigenvalue weighted by atomic mass is 10.1. The number of carbonyl (C=O) groups excluding carboxylic acids is 1. The van der Waals surface area contributed by atoms with Crippen molar-refractivity contribution in [3.63, 3.8) is 0 Å². The molecule has 3 rings (SSSR count). The van der Waals surface area contributed by atoms with E-state index in [9.17, 15) is 4.79 Å². The molecule has 3 nitrogen and oxygen atoms in total. The summed E-state index contributed by atoms with van der Waals surface area (Å²) in [6.07, 6.45) is 1.30. The third kappa shape index (κ3) is 2.79. The van der Waals surface area contributed by atoms with Crippen LogP contribution in [0.2, 0.25) is 10.0 Å². The summed E-state index contributed by atoms with van der Waals surface area (Å²) in [5, 5.41) is 2.13. The Kier molecular flexibility index (Phi) is 4.57. The van der Waals surface area contributed by atoms with Crippen molar-refractivity contribution in [1.82, 2.24) is 4.57 Å². The van der Waals surface area contributed by atoms with Crippen LogP contribution >= 0.6 is 23.2 Å². The number of fused-ring (bicyclic) bond motifs is 1. The van der Waals surface area contributed by atoms with Gasteiger partial charge in [-0.2, -0.15) is 0 Å². The molecule has 0 fully saturated rings. The maximum atomic E-state index is 11.1. The topological polar surface area (TPSA) is 31.2 Å². The fourth-order valence-corrected chi connectivity index (χ4v) is 3.52. The first kappa shape index (κ1) is 16.9. The van der Waals surface area contributed by atoms with Crippen molar-refractivity contribution < 1.29 is 9.53 Å². The van der Waals surface area contributed by atoms with Crippen LogP contribution in [-0.2, 0) is 13.5 Å². The Morgan fingerprint density at radius 1 is 1.21 bits per heavy atom. The van der Waals surface area contributed by atoms with Crippen molar-refractivity contribution >= 4 is 40.4 Å². The van der Waals surface area contributed by atoms with Gasteiger partial charge in [-0.1, -0.05) is 23.2 Å². The second-order valence-electron chi connectivity index (χ2n) is 5.80. The zero-order chi connectivity index (χ0) is 17.4. The van der Waals surface area contributed by atoms with Gasteiger partial charge in [-0.15, -0.1) is 0 Å². The standard InChI is InChI=1S/C19H17Cl2NO2/c1-11-6-14(24-3)9-18-15(11)7-13(22(18)2)8-16-17(20)5-4-12(10-23)19(16)21/h4-7,9-10H,8H2,1-3H3. The molecule has 3 aromatic rings. The number of aromatic nitrogens is 1. The lowest BCUT2D eigenvalue weighted by Gasteiger charge is -2.10. The van der Waals surface area contributed by atoms with Gasteiger partial charge in [-0.25, -0.2) is 0 Å². The minimum atomic E-state index is 0.414. The van der Waals surface area contributed by atoms with Crippen LogP contribution < -0.4 is 4.74 Å². The molecule has 2 aromatic carbocycles. The number of hydrogen-bond acceptors (Lipinski definition) is 2. The molecule has 0 radical (unpaired) electrons. The van der Waals surface area contributed by atoms with E-state index < -0.39 is 0 Å². The third-order valence-corrected chi connectivity index (χ3v) is 5.18. The highest BCUT2D eigenvalue weighted by molar-refractivity contribution is 6.37. The van der Waals surface area contributed by atoms with Crippen molar-refractivity contribution in [3.8, 4) is 5.75 Å². The first-order chi connectivity index (χ1) is 11.5. The van der Waals surface area contributed by atoms with Crippen molar-refractivity contribution in [3.05, 3.63) is 62.8 Å². The Morgan fingerprint density at radius 3 is 2.62 bits per heavy atom. The normalized spacial score (nSPS) is 11.0. The van der Waals surface area contributed by atoms with E-state index >= 15 is 0 Å². The molecule has 0 unspecified atom stereocenters. The highest BCUT2D eigenvalue weighted by Crippen LogP contribution is 2.33. The van der Waals surface area contributed by atoms with E-state index in [1.165, 1.54) is 0 Å². The third-order valence-electron chi connectivity index (χ3n) is 4.38. The van der Waals surface area contributed by atoms with E-state index in [2.05, 4.69) is 17.6 Å². The number of nitrogens with zero attached hydrogens (tertiary/aromatic N) is 1. The van der Waals surface area contributed by atoms with Crippen molar-refractivity contribution in [2.75, 3.05) is 7.11 Å². The molecule has 5 heteroatoms. The molecular formula is C19H17Cl2NO2. The Morgan fingerprint density at radius 2 is 1.96 bits per heavy atom. The Balaban J connectivity index is 2.13. The van der Waals surface area contributed by atoms with Crippen LogP contribution in [-0.4, -0.2) is 18.0 Å². The summed E-state index contributed by atoms with van der Waals surface area (Å²) in [5.41, 5.74) is 4.50. The van der Waals surface area contributed by atoms with E-state index in [1.54, 1.807) is 19.2 Å². The maximum Gasteiger partial charge on any atom is 0.151 e. The Bertz CT molecular complexity index is 944. The van der Waals surface area contributed by atoms with Gasteiger partial charge < -0.3 is 9.30 Å². The molecule has 124 valence electrons. The summed E-state index contributed by atoms with van der Waals surface area (Å²) in [6, 6.07) is 9.50. The number of methoxy groups -OCH3 is 1. The monoisotopic (exact) mass is 361 g/mol. The molecule has 1 heterocycles. The van der Waals surface area contributed by atoms with E-state index in [0.717, 1.165) is 39.8 Å². The molecule has 0 bridgehead atoms. The van der Waals surface area contributed by atoms with E-state index in [4.69, 9.17) is 27.9 Å². The van der Waals surface area contributed by atoms with E-state index in [0.29, 0.717) is 22.0 Å². The molecule has 24 heavy (non-hydrogen) atoms. The van der Waals surface area contributed by atoms with Gasteiger partial charge in [0.1, 0.15) is 5.75 Å². The molecule has 1 aromatic heterocycles. The first-order valence-electron chi connectivity index (χ1n) is 7.51. The molecular weight excluding hydrogens is 345 g/mol. The van der Waals surface area contributed by atoms with Crippen LogP contribution in [0.15, 0.2) is 30.3 Å². The van der Waals surface area contributed by atoms with Crippen LogP contribution in [0, 0.1) is 6.92 Å². The molecule has 0 aliphatic heterocycles. The van der Waals surface area contributed by atoms with E-state index in [1.807, 2.05) is 19.2 Å². The summed E-state index contributed by atoms with van der Waals surface area (Å²) < 4.78 is 7.46. The molecule has 0 atom stereocenters. The van der Waals surface area contributed by atoms with Crippen molar-refractivity contribution in [2.45, 2.75) is 13.3 Å². The number of aldehydes is 1. The van der Waals surface area contributed by atoms with Gasteiger partial charge in [0.15, 0.2) is 6.29 Å². The first-order valence-corrected chi connectivity index (χ1v) is 8.26. The number of rotatable bonds is 4. The number of hydrogen-bond donors (Lipinski definition) is 0. The molecule has 0 saturated heterocycles. The van der Waals surface area contributed by atoms with Gasteiger partial charge in [0.05, 0.1) is 17.6 Å². The number of benzene rings is 2. The second kappa shape index (κ2) is 6.50. The predicted molar refractivity (Wildman–Crippen MR) is 98.9 cm³/mol. The Labute approximate surface area is 150 Å². The highest BCUT2D eigenvalue weighted by atomic mass is 35.5. The van der Waals surface area contributed by atoms with Gasteiger partial charge in [0, 0.05) is 41.2 Å². The molecule has 0 aliphatic rings. The van der Waals surface area contributed by atoms with Crippen LogP contribution in [0.1, 0.15) is 27.2 Å². The Hall–Kier alpha value is -1.97. The second-order valence-corrected chi connectivity index (χ2v) is 6.58. The number of ether oxygens (including phenoxy) is 1. The minimum Gasteiger partial charge on any atom is -0.497 e. The lowest BCUT2D eigenvalue weighted by molar-refractivity contribution is 0.112. The molecule has 0 saturated carbocycles. The predicted octanol–water partition coefficient (Wildman–Crippen LogP) is 5.21. The number of halogens is 2. The van der Waals surface area contributed by atoms with Gasteiger partial charge in [-0.05, 0) is 42.3 Å². The fourth-order valence-electron chi connectivity index (χ4n) is 2.97. The zero-order valence-electron chi connectivity index (χ0n) is 13.7. The summed E-state index contributed by atoms with van der Waals surface area (Å²) in [5.74, 6) is 0.826. The average molecular weight is 362 g/mol. The zero-order valence-corrected chi connectivity index (χ0v) is 15.2. The minimum absolute atomic E-state index is 0.414. The van der Waals surface area contributed by atoms with Crippen molar-refractivity contribution in [1.29, 1.82) is 0 Å². The molecule has 0 spiro atoms. The van der Waals surface area contributed by atoms with Crippen LogP contribution in [0.25, 0.3) is 10.9 Å². The van der Waals surface area contributed by atoms with Gasteiger partial charge in [0.25, 0.3) is 0 Å². The molecule has 0 N–H and O–H groups in total. The summed E-state index contributed by atoms with van der Waals surface area (Å²) in [4.78, 5) is 11.1. The summed E-state index contributed by atoms with van der Waals surface area (Å²) in [7, 11) is 3.66. The fraction of sp³-hybridized carbons (Fsp3) is 0.211. The molecule has 0 aliphatic carbocycles. The summed E-state index contributed by atoms with van der Waals surface area (Å²) in [6.45, 7) is 2.06.